The number of anilines is 1. The lowest BCUT2D eigenvalue weighted by molar-refractivity contribution is -0.112. The van der Waals surface area contributed by atoms with E-state index in [4.69, 9.17) is 13.9 Å². The average Bonchev–Trinajstić information content (AvgIpc) is 2.75. The summed E-state index contributed by atoms with van der Waals surface area (Å²) < 4.78 is 15.1. The fourth-order valence-electron chi connectivity index (χ4n) is 1.69. The molecule has 1 aromatic heterocycles. The second-order valence-corrected chi connectivity index (χ2v) is 4.41. The van der Waals surface area contributed by atoms with Crippen molar-refractivity contribution in [3.05, 3.63) is 29.0 Å². The number of aryl methyl sites for hydroxylation is 1. The van der Waals surface area contributed by atoms with Crippen molar-refractivity contribution in [1.82, 2.24) is 0 Å². The predicted molar refractivity (Wildman–Crippen MR) is 78.8 cm³/mol. The molecule has 120 valence electrons. The molecule has 0 atom stereocenters. The van der Waals surface area contributed by atoms with Gasteiger partial charge in [-0.2, -0.15) is 0 Å². The van der Waals surface area contributed by atoms with Crippen LogP contribution in [0.25, 0.3) is 0 Å². The zero-order valence-corrected chi connectivity index (χ0v) is 13.1. The van der Waals surface area contributed by atoms with Gasteiger partial charge in [0, 0.05) is 5.57 Å². The highest BCUT2D eigenvalue weighted by Crippen LogP contribution is 2.29. The van der Waals surface area contributed by atoms with E-state index in [1.165, 1.54) is 13.8 Å². The van der Waals surface area contributed by atoms with Gasteiger partial charge >= 0.3 is 11.9 Å². The van der Waals surface area contributed by atoms with Crippen molar-refractivity contribution in [2.75, 3.05) is 18.5 Å². The zero-order valence-electron chi connectivity index (χ0n) is 13.1. The van der Waals surface area contributed by atoms with Crippen LogP contribution in [0.5, 0.6) is 0 Å². The summed E-state index contributed by atoms with van der Waals surface area (Å²) in [5.41, 5.74) is 0.00580. The van der Waals surface area contributed by atoms with Crippen molar-refractivity contribution >= 4 is 23.7 Å². The first-order valence-electron chi connectivity index (χ1n) is 6.77. The number of esters is 2. The summed E-state index contributed by atoms with van der Waals surface area (Å²) in [5, 5.41) is 2.39. The normalized spacial score (nSPS) is 10.0. The summed E-state index contributed by atoms with van der Waals surface area (Å²) in [6.45, 7) is 10.0. The van der Waals surface area contributed by atoms with Gasteiger partial charge in [-0.05, 0) is 27.7 Å². The molecule has 0 fully saturated rings. The van der Waals surface area contributed by atoms with E-state index in [2.05, 4.69) is 11.9 Å². The van der Waals surface area contributed by atoms with Crippen LogP contribution in [0.4, 0.5) is 5.88 Å². The summed E-state index contributed by atoms with van der Waals surface area (Å²) in [6, 6.07) is 0. The van der Waals surface area contributed by atoms with Crippen molar-refractivity contribution in [3.8, 4) is 0 Å². The Hall–Kier alpha value is -2.57. The lowest BCUT2D eigenvalue weighted by Gasteiger charge is -2.06. The molecule has 22 heavy (non-hydrogen) atoms. The first kappa shape index (κ1) is 17.5. The molecule has 0 aromatic carbocycles. The molecule has 1 aromatic rings. The number of hydrogen-bond acceptors (Lipinski definition) is 6. The highest BCUT2D eigenvalue weighted by molar-refractivity contribution is 6.11. The molecule has 1 N–H and O–H groups in total. The number of hydrogen-bond donors (Lipinski definition) is 1. The number of rotatable bonds is 6. The Balaban J connectivity index is 3.35. The molecular formula is C15H19NO6. The quantitative estimate of drug-likeness (QED) is 0.640. The molecule has 7 nitrogen and oxygen atoms in total. The first-order chi connectivity index (χ1) is 10.3. The Labute approximate surface area is 128 Å². The van der Waals surface area contributed by atoms with Crippen molar-refractivity contribution in [2.45, 2.75) is 27.7 Å². The fraction of sp³-hybridized carbons (Fsp3) is 0.400. The van der Waals surface area contributed by atoms with Crippen molar-refractivity contribution in [2.24, 2.45) is 0 Å². The molecule has 0 radical (unpaired) electrons. The molecule has 0 saturated carbocycles. The van der Waals surface area contributed by atoms with E-state index < -0.39 is 17.8 Å². The van der Waals surface area contributed by atoms with Gasteiger partial charge in [0.15, 0.2) is 0 Å². The van der Waals surface area contributed by atoms with E-state index >= 15 is 0 Å². The summed E-state index contributed by atoms with van der Waals surface area (Å²) in [7, 11) is 0. The summed E-state index contributed by atoms with van der Waals surface area (Å²) >= 11 is 0. The van der Waals surface area contributed by atoms with Crippen molar-refractivity contribution in [3.63, 3.8) is 0 Å². The Morgan fingerprint density at radius 1 is 1.09 bits per heavy atom. The fourth-order valence-corrected chi connectivity index (χ4v) is 1.69. The molecule has 0 aliphatic carbocycles. The van der Waals surface area contributed by atoms with Gasteiger partial charge in [-0.25, -0.2) is 9.59 Å². The number of carbonyl (C=O) groups excluding carboxylic acids is 3. The van der Waals surface area contributed by atoms with E-state index in [1.54, 1.807) is 13.8 Å². The monoisotopic (exact) mass is 309 g/mol. The van der Waals surface area contributed by atoms with Crippen LogP contribution in [-0.4, -0.2) is 31.1 Å². The van der Waals surface area contributed by atoms with Crippen LogP contribution in [0.15, 0.2) is 16.6 Å². The second-order valence-electron chi connectivity index (χ2n) is 4.41. The number of nitrogens with one attached hydrogen (secondary N) is 1. The average molecular weight is 309 g/mol. The van der Waals surface area contributed by atoms with Crippen molar-refractivity contribution < 1.29 is 28.3 Å². The van der Waals surface area contributed by atoms with E-state index in [0.29, 0.717) is 0 Å². The molecule has 0 bridgehead atoms. The Kier molecular flexibility index (Phi) is 5.91. The summed E-state index contributed by atoms with van der Waals surface area (Å²) in [4.78, 5) is 35.8. The molecule has 1 rings (SSSR count). The van der Waals surface area contributed by atoms with E-state index in [1.807, 2.05) is 0 Å². The van der Waals surface area contributed by atoms with Crippen molar-refractivity contribution in [1.29, 1.82) is 0 Å². The maximum Gasteiger partial charge on any atom is 0.344 e. The van der Waals surface area contributed by atoms with E-state index in [-0.39, 0.29) is 41.6 Å². The van der Waals surface area contributed by atoms with Crippen LogP contribution in [0.2, 0.25) is 0 Å². The number of amides is 1. The maximum atomic E-state index is 12.1. The number of ether oxygens (including phenoxy) is 2. The predicted octanol–water partition coefficient (Wildman–Crippen LogP) is 2.46. The molecule has 0 spiro atoms. The van der Waals surface area contributed by atoms with Gasteiger partial charge in [0.05, 0.1) is 13.2 Å². The number of furan rings is 1. The van der Waals surface area contributed by atoms with Crippen LogP contribution in [0, 0.1) is 6.92 Å². The van der Waals surface area contributed by atoms with Gasteiger partial charge in [-0.15, -0.1) is 0 Å². The standard InChI is InChI=1S/C15H19NO6/c1-6-20-14(18)10-9(5)22-13(16-12(17)8(3)4)11(10)15(19)21-7-2/h3,6-7H2,1-2,4-5H3,(H,16,17). The summed E-state index contributed by atoms with van der Waals surface area (Å²) in [6.07, 6.45) is 0. The molecule has 0 saturated heterocycles. The highest BCUT2D eigenvalue weighted by atomic mass is 16.5. The topological polar surface area (TPSA) is 94.8 Å². The Morgan fingerprint density at radius 3 is 2.05 bits per heavy atom. The van der Waals surface area contributed by atoms with Gasteiger partial charge in [0.2, 0.25) is 5.88 Å². The minimum Gasteiger partial charge on any atom is -0.462 e. The van der Waals surface area contributed by atoms with Crippen LogP contribution >= 0.6 is 0 Å². The molecule has 0 aliphatic rings. The lowest BCUT2D eigenvalue weighted by Crippen LogP contribution is -2.17. The van der Waals surface area contributed by atoms with Gasteiger partial charge in [0.25, 0.3) is 5.91 Å². The lowest BCUT2D eigenvalue weighted by atomic mass is 10.1. The Morgan fingerprint density at radius 2 is 1.59 bits per heavy atom. The Bertz CT molecular complexity index is 614. The highest BCUT2D eigenvalue weighted by Gasteiger charge is 2.31. The smallest absolute Gasteiger partial charge is 0.344 e. The van der Waals surface area contributed by atoms with E-state index in [9.17, 15) is 14.4 Å². The third-order valence-electron chi connectivity index (χ3n) is 2.66. The van der Waals surface area contributed by atoms with Crippen LogP contribution in [0.3, 0.4) is 0 Å². The largest absolute Gasteiger partial charge is 0.462 e. The minimum absolute atomic E-state index is 0.0580. The zero-order chi connectivity index (χ0) is 16.9. The molecule has 1 amide bonds. The number of carbonyl (C=O) groups is 3. The molecule has 1 heterocycles. The van der Waals surface area contributed by atoms with Crippen LogP contribution in [-0.2, 0) is 14.3 Å². The third-order valence-corrected chi connectivity index (χ3v) is 2.66. The molecule has 0 unspecified atom stereocenters. The molecular weight excluding hydrogens is 290 g/mol. The van der Waals surface area contributed by atoms with E-state index in [0.717, 1.165) is 0 Å². The van der Waals surface area contributed by atoms with Gasteiger partial charge in [0.1, 0.15) is 16.9 Å². The summed E-state index contributed by atoms with van der Waals surface area (Å²) in [5.74, 6) is -2.04. The maximum absolute atomic E-state index is 12.1. The van der Waals surface area contributed by atoms with Crippen LogP contribution < -0.4 is 5.32 Å². The SMILES string of the molecule is C=C(C)C(=O)Nc1oc(C)c(C(=O)OCC)c1C(=O)OCC. The molecule has 7 heteroatoms. The first-order valence-corrected chi connectivity index (χ1v) is 6.77. The second kappa shape index (κ2) is 7.44. The minimum atomic E-state index is -0.778. The molecule has 0 aliphatic heterocycles. The van der Waals surface area contributed by atoms with Gasteiger partial charge in [-0.3, -0.25) is 10.1 Å². The van der Waals surface area contributed by atoms with Gasteiger partial charge in [-0.1, -0.05) is 6.58 Å². The van der Waals surface area contributed by atoms with Crippen LogP contribution in [0.1, 0.15) is 47.2 Å². The van der Waals surface area contributed by atoms with Gasteiger partial charge < -0.3 is 13.9 Å². The third kappa shape index (κ3) is 3.75.